The van der Waals surface area contributed by atoms with E-state index in [9.17, 15) is 4.21 Å². The van der Waals surface area contributed by atoms with E-state index < -0.39 is 11.3 Å². The molecule has 1 saturated heterocycles. The van der Waals surface area contributed by atoms with E-state index in [0.29, 0.717) is 6.54 Å². The molecule has 12 heavy (non-hydrogen) atoms. The first-order valence-corrected chi connectivity index (χ1v) is 5.45. The fraction of sp³-hybridized carbons (Fsp3) is 1.00. The summed E-state index contributed by atoms with van der Waals surface area (Å²) in [6.07, 6.45) is 3.51. The number of hydrogen-bond acceptors (Lipinski definition) is 2. The Bertz CT molecular complexity index is 159. The van der Waals surface area contributed by atoms with Crippen molar-refractivity contribution in [3.05, 3.63) is 0 Å². The van der Waals surface area contributed by atoms with Crippen LogP contribution in [-0.4, -0.2) is 37.8 Å². The molecule has 5 heteroatoms. The van der Waals surface area contributed by atoms with Crippen molar-refractivity contribution in [2.45, 2.75) is 26.2 Å². The Morgan fingerprint density at radius 1 is 1.42 bits per heavy atom. The highest BCUT2D eigenvalue weighted by molar-refractivity contribution is 7.76. The minimum Gasteiger partial charge on any atom is -0.293 e. The molecule has 1 fully saturated rings. The smallest absolute Gasteiger partial charge is 0.248 e. The lowest BCUT2D eigenvalue weighted by Crippen LogP contribution is -2.46. The van der Waals surface area contributed by atoms with Crippen LogP contribution in [0.1, 0.15) is 26.2 Å². The Balaban J connectivity index is 2.46. The lowest BCUT2D eigenvalue weighted by molar-refractivity contribution is 0.0419. The molecule has 0 aliphatic carbocycles. The van der Waals surface area contributed by atoms with Gasteiger partial charge in [-0.2, -0.15) is 0 Å². The second kappa shape index (κ2) is 4.91. The molecular formula is C7H16N2O2S. The zero-order valence-corrected chi connectivity index (χ0v) is 8.22. The van der Waals surface area contributed by atoms with Gasteiger partial charge in [-0.3, -0.25) is 4.55 Å². The first-order valence-electron chi connectivity index (χ1n) is 4.39. The van der Waals surface area contributed by atoms with Gasteiger partial charge < -0.3 is 0 Å². The van der Waals surface area contributed by atoms with Gasteiger partial charge in [0.2, 0.25) is 11.3 Å². The van der Waals surface area contributed by atoms with Gasteiger partial charge in [-0.15, -0.1) is 4.41 Å². The zero-order chi connectivity index (χ0) is 8.97. The minimum absolute atomic E-state index is 0.600. The summed E-state index contributed by atoms with van der Waals surface area (Å²) in [5.41, 5.74) is 0. The monoisotopic (exact) mass is 192 g/mol. The van der Waals surface area contributed by atoms with Crippen LogP contribution in [0.3, 0.4) is 0 Å². The maximum absolute atomic E-state index is 10.8. The molecule has 1 N–H and O–H groups in total. The van der Waals surface area contributed by atoms with Crippen LogP contribution in [0.15, 0.2) is 0 Å². The first kappa shape index (κ1) is 10.1. The number of piperidine rings is 1. The van der Waals surface area contributed by atoms with Gasteiger partial charge in [0.15, 0.2) is 0 Å². The Kier molecular flexibility index (Phi) is 4.14. The molecule has 0 aromatic rings. The maximum atomic E-state index is 10.8. The largest absolute Gasteiger partial charge is 0.293 e. The molecule has 1 aliphatic heterocycles. The molecule has 0 aromatic heterocycles. The molecule has 1 aliphatic rings. The highest BCUT2D eigenvalue weighted by Crippen LogP contribution is 2.12. The Hall–Kier alpha value is 0.0300. The van der Waals surface area contributed by atoms with Crippen molar-refractivity contribution in [1.82, 2.24) is 9.42 Å². The molecular weight excluding hydrogens is 176 g/mol. The van der Waals surface area contributed by atoms with Gasteiger partial charge in [0, 0.05) is 19.6 Å². The van der Waals surface area contributed by atoms with Crippen LogP contribution >= 0.6 is 0 Å². The average Bonchev–Trinajstić information content (AvgIpc) is 2.07. The van der Waals surface area contributed by atoms with Crippen LogP contribution in [0.5, 0.6) is 0 Å². The predicted octanol–water partition coefficient (Wildman–Crippen LogP) is 0.846. The summed E-state index contributed by atoms with van der Waals surface area (Å²) in [7, 11) is 0. The van der Waals surface area contributed by atoms with Crippen LogP contribution in [0, 0.1) is 0 Å². The van der Waals surface area contributed by atoms with Gasteiger partial charge in [-0.25, -0.2) is 9.22 Å². The highest BCUT2D eigenvalue weighted by atomic mass is 32.2. The topological polar surface area (TPSA) is 43.8 Å². The van der Waals surface area contributed by atoms with Crippen LogP contribution in [-0.2, 0) is 11.3 Å². The summed E-state index contributed by atoms with van der Waals surface area (Å²) >= 11 is -1.84. The van der Waals surface area contributed by atoms with E-state index in [2.05, 4.69) is 0 Å². The van der Waals surface area contributed by atoms with Crippen LogP contribution in [0.25, 0.3) is 0 Å². The normalized spacial score (nSPS) is 22.9. The van der Waals surface area contributed by atoms with Gasteiger partial charge in [-0.05, 0) is 19.8 Å². The number of hydrogen-bond donors (Lipinski definition) is 1. The second-order valence-corrected chi connectivity index (χ2v) is 3.80. The minimum atomic E-state index is -1.84. The number of nitrogens with zero attached hydrogens (tertiary/aromatic N) is 2. The summed E-state index contributed by atoms with van der Waals surface area (Å²) in [5, 5.41) is 1.97. The summed E-state index contributed by atoms with van der Waals surface area (Å²) in [6.45, 7) is 4.33. The first-order chi connectivity index (χ1) is 5.75. The quantitative estimate of drug-likeness (QED) is 0.674. The number of hydrazine groups is 1. The molecule has 0 aromatic carbocycles. The predicted molar refractivity (Wildman–Crippen MR) is 48.6 cm³/mol. The van der Waals surface area contributed by atoms with Gasteiger partial charge in [0.1, 0.15) is 0 Å². The third-order valence-corrected chi connectivity index (χ3v) is 2.95. The van der Waals surface area contributed by atoms with Gasteiger partial charge in [-0.1, -0.05) is 6.42 Å². The third kappa shape index (κ3) is 2.52. The van der Waals surface area contributed by atoms with Gasteiger partial charge in [0.05, 0.1) is 0 Å². The molecule has 1 heterocycles. The van der Waals surface area contributed by atoms with Gasteiger partial charge >= 0.3 is 0 Å². The molecule has 0 amide bonds. The average molecular weight is 192 g/mol. The van der Waals surface area contributed by atoms with Crippen molar-refractivity contribution >= 4 is 11.3 Å². The standard InChI is InChI=1S/C7H16N2O2S/c1-2-9(12(10)11)8-6-4-3-5-7-8/h2-7H2,1H3,(H,10,11). The molecule has 1 unspecified atom stereocenters. The van der Waals surface area contributed by atoms with E-state index in [1.54, 1.807) is 0 Å². The molecule has 0 saturated carbocycles. The molecule has 4 nitrogen and oxygen atoms in total. The van der Waals surface area contributed by atoms with Crippen molar-refractivity contribution in [3.63, 3.8) is 0 Å². The molecule has 0 spiro atoms. The fourth-order valence-electron chi connectivity index (χ4n) is 1.51. The van der Waals surface area contributed by atoms with E-state index >= 15 is 0 Å². The van der Waals surface area contributed by atoms with E-state index in [4.69, 9.17) is 4.55 Å². The van der Waals surface area contributed by atoms with Crippen LogP contribution < -0.4 is 0 Å². The highest BCUT2D eigenvalue weighted by Gasteiger charge is 2.20. The summed E-state index contributed by atoms with van der Waals surface area (Å²) < 4.78 is 21.3. The van der Waals surface area contributed by atoms with Crippen LogP contribution in [0.4, 0.5) is 0 Å². The Morgan fingerprint density at radius 2 is 2.00 bits per heavy atom. The van der Waals surface area contributed by atoms with Crippen molar-refractivity contribution in [3.8, 4) is 0 Å². The van der Waals surface area contributed by atoms with Crippen molar-refractivity contribution in [2.24, 2.45) is 0 Å². The molecule has 0 radical (unpaired) electrons. The lowest BCUT2D eigenvalue weighted by Gasteiger charge is -2.33. The van der Waals surface area contributed by atoms with E-state index in [1.165, 1.54) is 10.8 Å². The van der Waals surface area contributed by atoms with E-state index in [-0.39, 0.29) is 0 Å². The Labute approximate surface area is 75.9 Å². The molecule has 1 atom stereocenters. The summed E-state index contributed by atoms with van der Waals surface area (Å²) in [4.78, 5) is 0. The molecule has 1 rings (SSSR count). The molecule has 72 valence electrons. The SMILES string of the molecule is CCN(N1CCCCC1)S(=O)O. The van der Waals surface area contributed by atoms with Crippen molar-refractivity contribution in [1.29, 1.82) is 0 Å². The van der Waals surface area contributed by atoms with Crippen LogP contribution in [0.2, 0.25) is 0 Å². The van der Waals surface area contributed by atoms with Crippen molar-refractivity contribution < 1.29 is 8.76 Å². The fourth-order valence-corrected chi connectivity index (χ4v) is 2.09. The lowest BCUT2D eigenvalue weighted by atomic mass is 10.2. The van der Waals surface area contributed by atoms with Crippen molar-refractivity contribution in [2.75, 3.05) is 19.6 Å². The van der Waals surface area contributed by atoms with E-state index in [0.717, 1.165) is 25.9 Å². The third-order valence-electron chi connectivity index (χ3n) is 2.10. The number of rotatable bonds is 3. The maximum Gasteiger partial charge on any atom is 0.248 e. The zero-order valence-electron chi connectivity index (χ0n) is 7.40. The summed E-state index contributed by atoms with van der Waals surface area (Å²) in [6, 6.07) is 0. The second-order valence-electron chi connectivity index (χ2n) is 2.91. The molecule has 0 bridgehead atoms. The van der Waals surface area contributed by atoms with E-state index in [1.807, 2.05) is 11.9 Å². The summed E-state index contributed by atoms with van der Waals surface area (Å²) in [5.74, 6) is 0. The van der Waals surface area contributed by atoms with Gasteiger partial charge in [0.25, 0.3) is 0 Å². The Morgan fingerprint density at radius 3 is 2.42 bits per heavy atom.